The number of hydrogen-bond acceptors (Lipinski definition) is 4. The van der Waals surface area contributed by atoms with Crippen LogP contribution in [0.3, 0.4) is 0 Å². The van der Waals surface area contributed by atoms with Crippen molar-refractivity contribution in [2.75, 3.05) is 19.5 Å². The minimum Gasteiger partial charge on any atom is -0.493 e. The fourth-order valence-corrected chi connectivity index (χ4v) is 2.97. The zero-order valence-corrected chi connectivity index (χ0v) is 17.6. The van der Waals surface area contributed by atoms with Crippen molar-refractivity contribution in [1.82, 2.24) is 5.32 Å². The molecule has 0 saturated carbocycles. The van der Waals surface area contributed by atoms with Crippen molar-refractivity contribution in [3.05, 3.63) is 95.2 Å². The van der Waals surface area contributed by atoms with E-state index in [9.17, 15) is 9.59 Å². The van der Waals surface area contributed by atoms with E-state index in [0.29, 0.717) is 28.3 Å². The third-order valence-corrected chi connectivity index (χ3v) is 4.52. The molecule has 0 aliphatic rings. The van der Waals surface area contributed by atoms with Crippen LogP contribution in [-0.2, 0) is 4.79 Å². The van der Waals surface area contributed by atoms with Gasteiger partial charge in [0.1, 0.15) is 5.70 Å². The van der Waals surface area contributed by atoms with Crippen molar-refractivity contribution in [3.8, 4) is 11.5 Å². The molecule has 0 fully saturated rings. The summed E-state index contributed by atoms with van der Waals surface area (Å²) in [4.78, 5) is 25.7. The zero-order chi connectivity index (χ0) is 22.2. The second-order valence-electron chi connectivity index (χ2n) is 6.82. The van der Waals surface area contributed by atoms with Crippen molar-refractivity contribution >= 4 is 23.6 Å². The highest BCUT2D eigenvalue weighted by atomic mass is 16.5. The van der Waals surface area contributed by atoms with E-state index in [2.05, 4.69) is 10.6 Å². The highest BCUT2D eigenvalue weighted by Crippen LogP contribution is 2.28. The lowest BCUT2D eigenvalue weighted by atomic mass is 10.1. The Bertz CT molecular complexity index is 1110. The smallest absolute Gasteiger partial charge is 0.272 e. The van der Waals surface area contributed by atoms with Gasteiger partial charge in [-0.3, -0.25) is 9.59 Å². The van der Waals surface area contributed by atoms with Crippen molar-refractivity contribution in [3.63, 3.8) is 0 Å². The van der Waals surface area contributed by atoms with Crippen LogP contribution in [0.4, 0.5) is 5.69 Å². The van der Waals surface area contributed by atoms with Gasteiger partial charge in [0, 0.05) is 11.3 Å². The van der Waals surface area contributed by atoms with Gasteiger partial charge in [0.2, 0.25) is 0 Å². The molecular formula is C25H24N2O4. The lowest BCUT2D eigenvalue weighted by Gasteiger charge is -2.13. The molecule has 0 aliphatic heterocycles. The van der Waals surface area contributed by atoms with Gasteiger partial charge in [0.25, 0.3) is 11.8 Å². The second kappa shape index (κ2) is 10.1. The van der Waals surface area contributed by atoms with Gasteiger partial charge in [-0.2, -0.15) is 0 Å². The van der Waals surface area contributed by atoms with Crippen LogP contribution in [0, 0.1) is 6.92 Å². The Balaban J connectivity index is 1.94. The summed E-state index contributed by atoms with van der Waals surface area (Å²) in [6, 6.07) is 21.4. The van der Waals surface area contributed by atoms with Gasteiger partial charge in [-0.1, -0.05) is 36.4 Å². The maximum absolute atomic E-state index is 13.0. The SMILES string of the molecule is COc1ccc(/C=C(/NC(=O)c2ccccc2)C(=O)Nc2cccc(C)c2)cc1OC. The maximum atomic E-state index is 13.0. The molecule has 0 aromatic heterocycles. The van der Waals surface area contributed by atoms with Gasteiger partial charge in [0.15, 0.2) is 11.5 Å². The Kier molecular flexibility index (Phi) is 7.06. The summed E-state index contributed by atoms with van der Waals surface area (Å²) in [5, 5.41) is 5.55. The average molecular weight is 416 g/mol. The molecule has 0 atom stereocenters. The molecule has 2 N–H and O–H groups in total. The number of hydrogen-bond donors (Lipinski definition) is 2. The normalized spacial score (nSPS) is 10.9. The molecule has 3 aromatic carbocycles. The number of nitrogens with one attached hydrogen (secondary N) is 2. The number of methoxy groups -OCH3 is 2. The lowest BCUT2D eigenvalue weighted by molar-refractivity contribution is -0.113. The molecule has 2 amide bonds. The van der Waals surface area contributed by atoms with Gasteiger partial charge >= 0.3 is 0 Å². The molecule has 3 rings (SSSR count). The Labute approximate surface area is 181 Å². The minimum absolute atomic E-state index is 0.0996. The van der Waals surface area contributed by atoms with Crippen LogP contribution in [0.5, 0.6) is 11.5 Å². The first kappa shape index (κ1) is 21.6. The van der Waals surface area contributed by atoms with E-state index < -0.39 is 5.91 Å². The fourth-order valence-electron chi connectivity index (χ4n) is 2.97. The van der Waals surface area contributed by atoms with Gasteiger partial charge in [0.05, 0.1) is 14.2 Å². The van der Waals surface area contributed by atoms with E-state index in [0.717, 1.165) is 5.56 Å². The van der Waals surface area contributed by atoms with Crippen LogP contribution >= 0.6 is 0 Å². The molecule has 0 saturated heterocycles. The summed E-state index contributed by atoms with van der Waals surface area (Å²) in [6.07, 6.45) is 1.59. The minimum atomic E-state index is -0.440. The van der Waals surface area contributed by atoms with Crippen LogP contribution < -0.4 is 20.1 Å². The van der Waals surface area contributed by atoms with Gasteiger partial charge in [-0.15, -0.1) is 0 Å². The molecule has 31 heavy (non-hydrogen) atoms. The first-order chi connectivity index (χ1) is 15.0. The van der Waals surface area contributed by atoms with E-state index in [1.165, 1.54) is 7.11 Å². The zero-order valence-electron chi connectivity index (χ0n) is 17.6. The van der Waals surface area contributed by atoms with E-state index in [4.69, 9.17) is 9.47 Å². The van der Waals surface area contributed by atoms with Crippen LogP contribution in [0.1, 0.15) is 21.5 Å². The van der Waals surface area contributed by atoms with Gasteiger partial charge in [-0.05, 0) is 60.5 Å². The van der Waals surface area contributed by atoms with Crippen molar-refractivity contribution < 1.29 is 19.1 Å². The summed E-state index contributed by atoms with van der Waals surface area (Å²) < 4.78 is 10.6. The molecule has 0 bridgehead atoms. The quantitative estimate of drug-likeness (QED) is 0.559. The van der Waals surface area contributed by atoms with Gasteiger partial charge in [-0.25, -0.2) is 0 Å². The number of rotatable bonds is 7. The van der Waals surface area contributed by atoms with E-state index in [1.54, 1.807) is 61.7 Å². The van der Waals surface area contributed by atoms with Crippen LogP contribution in [0.15, 0.2) is 78.5 Å². The maximum Gasteiger partial charge on any atom is 0.272 e. The lowest BCUT2D eigenvalue weighted by Crippen LogP contribution is -2.30. The summed E-state index contributed by atoms with van der Waals surface area (Å²) in [7, 11) is 3.09. The Morgan fingerprint density at radius 2 is 1.58 bits per heavy atom. The highest BCUT2D eigenvalue weighted by molar-refractivity contribution is 6.10. The van der Waals surface area contributed by atoms with Gasteiger partial charge < -0.3 is 20.1 Å². The number of amides is 2. The molecular weight excluding hydrogens is 392 g/mol. The molecule has 0 heterocycles. The molecule has 158 valence electrons. The fraction of sp³-hybridized carbons (Fsp3) is 0.120. The Morgan fingerprint density at radius 1 is 0.839 bits per heavy atom. The van der Waals surface area contributed by atoms with E-state index in [1.807, 2.05) is 31.2 Å². The largest absolute Gasteiger partial charge is 0.493 e. The number of carbonyl (C=O) groups excluding carboxylic acids is 2. The molecule has 0 spiro atoms. The molecule has 3 aromatic rings. The third kappa shape index (κ3) is 5.73. The predicted octanol–water partition coefficient (Wildman–Crippen LogP) is 4.42. The van der Waals surface area contributed by atoms with Crippen molar-refractivity contribution in [1.29, 1.82) is 0 Å². The van der Waals surface area contributed by atoms with Crippen molar-refractivity contribution in [2.24, 2.45) is 0 Å². The first-order valence-corrected chi connectivity index (χ1v) is 9.68. The first-order valence-electron chi connectivity index (χ1n) is 9.68. The number of ether oxygens (including phenoxy) is 2. The van der Waals surface area contributed by atoms with E-state index >= 15 is 0 Å². The molecule has 0 aliphatic carbocycles. The molecule has 0 unspecified atom stereocenters. The molecule has 0 radical (unpaired) electrons. The summed E-state index contributed by atoms with van der Waals surface area (Å²) in [6.45, 7) is 1.94. The number of carbonyl (C=O) groups is 2. The van der Waals surface area contributed by atoms with Crippen LogP contribution in [0.2, 0.25) is 0 Å². The predicted molar refractivity (Wildman–Crippen MR) is 121 cm³/mol. The Hall–Kier alpha value is -4.06. The average Bonchev–Trinajstić information content (AvgIpc) is 2.79. The van der Waals surface area contributed by atoms with Crippen LogP contribution in [-0.4, -0.2) is 26.0 Å². The Morgan fingerprint density at radius 3 is 2.26 bits per heavy atom. The second-order valence-corrected chi connectivity index (χ2v) is 6.82. The topological polar surface area (TPSA) is 76.7 Å². The van der Waals surface area contributed by atoms with Crippen LogP contribution in [0.25, 0.3) is 6.08 Å². The number of benzene rings is 3. The highest BCUT2D eigenvalue weighted by Gasteiger charge is 2.16. The summed E-state index contributed by atoms with van der Waals surface area (Å²) in [5.74, 6) is 0.263. The molecule has 6 nitrogen and oxygen atoms in total. The van der Waals surface area contributed by atoms with Crippen molar-refractivity contribution in [2.45, 2.75) is 6.92 Å². The standard InChI is InChI=1S/C25H24N2O4/c1-17-8-7-11-20(14-17)26-25(29)21(27-24(28)19-9-5-4-6-10-19)15-18-12-13-22(30-2)23(16-18)31-3/h4-16H,1-3H3,(H,26,29)(H,27,28)/b21-15+. The number of aryl methyl sites for hydroxylation is 1. The third-order valence-electron chi connectivity index (χ3n) is 4.52. The number of anilines is 1. The summed E-state index contributed by atoms with van der Waals surface area (Å²) in [5.41, 5.74) is 2.86. The molecule has 6 heteroatoms. The van der Waals surface area contributed by atoms with E-state index in [-0.39, 0.29) is 11.6 Å². The summed E-state index contributed by atoms with van der Waals surface area (Å²) >= 11 is 0. The monoisotopic (exact) mass is 416 g/mol.